The number of hydrogen-bond acceptors (Lipinski definition) is 3. The number of aryl methyl sites for hydroxylation is 2. The maximum atomic E-state index is 12.0. The molecule has 0 saturated heterocycles. The fourth-order valence-corrected chi connectivity index (χ4v) is 2.13. The summed E-state index contributed by atoms with van der Waals surface area (Å²) in [6, 6.07) is 10.0. The highest BCUT2D eigenvalue weighted by molar-refractivity contribution is 5.88. The van der Waals surface area contributed by atoms with Gasteiger partial charge in [-0.1, -0.05) is 12.1 Å². The Hall–Kier alpha value is -2.56. The van der Waals surface area contributed by atoms with Gasteiger partial charge in [-0.2, -0.15) is 0 Å². The summed E-state index contributed by atoms with van der Waals surface area (Å²) in [5.41, 5.74) is 2.73. The first-order valence-corrected chi connectivity index (χ1v) is 6.76. The summed E-state index contributed by atoms with van der Waals surface area (Å²) in [5.74, 6) is 0.700. The summed E-state index contributed by atoms with van der Waals surface area (Å²) in [6.07, 6.45) is 0. The van der Waals surface area contributed by atoms with Crippen molar-refractivity contribution in [1.82, 2.24) is 10.3 Å². The third-order valence-corrected chi connectivity index (χ3v) is 3.06. The molecule has 0 spiro atoms. The molecule has 2 rings (SSSR count). The van der Waals surface area contributed by atoms with Gasteiger partial charge in [0.2, 0.25) is 0 Å². The van der Waals surface area contributed by atoms with E-state index in [2.05, 4.69) is 15.6 Å². The number of urea groups is 1. The van der Waals surface area contributed by atoms with Crippen LogP contribution in [-0.4, -0.2) is 16.1 Å². The first-order valence-electron chi connectivity index (χ1n) is 6.76. The van der Waals surface area contributed by atoms with Crippen molar-refractivity contribution < 1.29 is 9.90 Å². The molecule has 0 aliphatic rings. The predicted molar refractivity (Wildman–Crippen MR) is 82.4 cm³/mol. The van der Waals surface area contributed by atoms with E-state index < -0.39 is 0 Å². The number of nitrogens with zero attached hydrogens (tertiary/aromatic N) is 1. The highest BCUT2D eigenvalue weighted by Gasteiger charge is 2.10. The summed E-state index contributed by atoms with van der Waals surface area (Å²) in [5, 5.41) is 15.0. The molecule has 21 heavy (non-hydrogen) atoms. The lowest BCUT2D eigenvalue weighted by Crippen LogP contribution is -2.31. The molecule has 1 aromatic heterocycles. The molecule has 3 N–H and O–H groups in total. The van der Waals surface area contributed by atoms with Gasteiger partial charge in [0.05, 0.1) is 6.04 Å². The average Bonchev–Trinajstić information content (AvgIpc) is 2.37. The van der Waals surface area contributed by atoms with Gasteiger partial charge < -0.3 is 10.4 Å². The smallest absolute Gasteiger partial charge is 0.320 e. The molecular weight excluding hydrogens is 266 g/mol. The molecule has 1 heterocycles. The van der Waals surface area contributed by atoms with Crippen LogP contribution in [0.25, 0.3) is 0 Å². The minimum absolute atomic E-state index is 0.178. The number of aromatic nitrogens is 1. The van der Waals surface area contributed by atoms with Gasteiger partial charge in [-0.25, -0.2) is 9.78 Å². The van der Waals surface area contributed by atoms with Gasteiger partial charge in [0.25, 0.3) is 0 Å². The quantitative estimate of drug-likeness (QED) is 0.810. The van der Waals surface area contributed by atoms with Crippen molar-refractivity contribution in [3.63, 3.8) is 0 Å². The molecule has 0 saturated carbocycles. The number of carbonyl (C=O) groups is 1. The molecular formula is C16H19N3O2. The first-order chi connectivity index (χ1) is 9.94. The van der Waals surface area contributed by atoms with Crippen LogP contribution in [0.2, 0.25) is 0 Å². The number of nitrogens with one attached hydrogen (secondary N) is 2. The monoisotopic (exact) mass is 285 g/mol. The molecule has 5 nitrogen and oxygen atoms in total. The summed E-state index contributed by atoms with van der Waals surface area (Å²) in [6.45, 7) is 5.68. The Morgan fingerprint density at radius 1 is 1.24 bits per heavy atom. The van der Waals surface area contributed by atoms with Crippen molar-refractivity contribution in [3.05, 3.63) is 53.2 Å². The molecule has 0 bridgehead atoms. The minimum atomic E-state index is -0.330. The zero-order valence-corrected chi connectivity index (χ0v) is 12.3. The zero-order chi connectivity index (χ0) is 15.4. The fraction of sp³-hybridized carbons (Fsp3) is 0.250. The van der Waals surface area contributed by atoms with E-state index in [4.69, 9.17) is 0 Å². The zero-order valence-electron chi connectivity index (χ0n) is 12.3. The van der Waals surface area contributed by atoms with Crippen LogP contribution in [0, 0.1) is 13.8 Å². The third-order valence-electron chi connectivity index (χ3n) is 3.06. The molecule has 0 radical (unpaired) electrons. The van der Waals surface area contributed by atoms with Crippen LogP contribution in [0.5, 0.6) is 5.75 Å². The molecule has 1 aromatic carbocycles. The van der Waals surface area contributed by atoms with Gasteiger partial charge in [-0.3, -0.25) is 5.32 Å². The van der Waals surface area contributed by atoms with E-state index in [0.717, 1.165) is 16.8 Å². The molecule has 2 amide bonds. The van der Waals surface area contributed by atoms with Crippen molar-refractivity contribution in [2.45, 2.75) is 26.8 Å². The Morgan fingerprint density at radius 2 is 2.00 bits per heavy atom. The number of anilines is 1. The van der Waals surface area contributed by atoms with E-state index in [-0.39, 0.29) is 17.8 Å². The predicted octanol–water partition coefficient (Wildman–Crippen LogP) is 3.29. The molecule has 1 atom stereocenters. The Labute approximate surface area is 124 Å². The fourth-order valence-electron chi connectivity index (χ4n) is 2.13. The van der Waals surface area contributed by atoms with Crippen LogP contribution in [0.3, 0.4) is 0 Å². The largest absolute Gasteiger partial charge is 0.508 e. The molecule has 0 fully saturated rings. The first kappa shape index (κ1) is 14.8. The maximum absolute atomic E-state index is 12.0. The lowest BCUT2D eigenvalue weighted by molar-refractivity contribution is 0.249. The van der Waals surface area contributed by atoms with E-state index in [9.17, 15) is 9.90 Å². The van der Waals surface area contributed by atoms with Gasteiger partial charge in [0.1, 0.15) is 11.6 Å². The van der Waals surface area contributed by atoms with E-state index in [1.54, 1.807) is 18.2 Å². The van der Waals surface area contributed by atoms with Gasteiger partial charge in [-0.15, -0.1) is 0 Å². The number of pyridine rings is 1. The second-order valence-corrected chi connectivity index (χ2v) is 5.09. The number of aromatic hydroxyl groups is 1. The van der Waals surface area contributed by atoms with E-state index >= 15 is 0 Å². The third kappa shape index (κ3) is 4.21. The SMILES string of the molecule is Cc1cc(C)nc(NC(=O)N[C@H](C)c2cccc(O)c2)c1. The molecule has 110 valence electrons. The standard InChI is InChI=1S/C16H19N3O2/c1-10-7-11(2)17-15(8-10)19-16(21)18-12(3)13-5-4-6-14(20)9-13/h4-9,12,20H,1-3H3,(H2,17,18,19,21)/t12-/m1/s1. The van der Waals surface area contributed by atoms with Crippen LogP contribution in [0.1, 0.15) is 29.8 Å². The number of carbonyl (C=O) groups excluding carboxylic acids is 1. The second-order valence-electron chi connectivity index (χ2n) is 5.09. The average molecular weight is 285 g/mol. The van der Waals surface area contributed by atoms with Crippen molar-refractivity contribution in [3.8, 4) is 5.75 Å². The minimum Gasteiger partial charge on any atom is -0.508 e. The number of amides is 2. The van der Waals surface area contributed by atoms with Gasteiger partial charge in [0, 0.05) is 5.69 Å². The van der Waals surface area contributed by atoms with Crippen molar-refractivity contribution >= 4 is 11.8 Å². The Morgan fingerprint density at radius 3 is 2.67 bits per heavy atom. The van der Waals surface area contributed by atoms with Crippen LogP contribution < -0.4 is 10.6 Å². The summed E-state index contributed by atoms with van der Waals surface area (Å²) < 4.78 is 0. The Kier molecular flexibility index (Phi) is 4.42. The summed E-state index contributed by atoms with van der Waals surface area (Å²) in [7, 11) is 0. The van der Waals surface area contributed by atoms with Crippen molar-refractivity contribution in [1.29, 1.82) is 0 Å². The Bertz CT molecular complexity index is 635. The molecule has 0 aliphatic carbocycles. The number of hydrogen-bond donors (Lipinski definition) is 3. The number of benzene rings is 1. The maximum Gasteiger partial charge on any atom is 0.320 e. The van der Waals surface area contributed by atoms with Gasteiger partial charge in [-0.05, 0) is 56.2 Å². The topological polar surface area (TPSA) is 74.2 Å². The molecule has 2 aromatic rings. The normalized spacial score (nSPS) is 11.8. The number of rotatable bonds is 3. The second kappa shape index (κ2) is 6.26. The van der Waals surface area contributed by atoms with Gasteiger partial charge in [0.15, 0.2) is 0 Å². The lowest BCUT2D eigenvalue weighted by Gasteiger charge is -2.15. The van der Waals surface area contributed by atoms with E-state index in [1.807, 2.05) is 39.0 Å². The lowest BCUT2D eigenvalue weighted by atomic mass is 10.1. The van der Waals surface area contributed by atoms with Crippen LogP contribution in [0.15, 0.2) is 36.4 Å². The van der Waals surface area contributed by atoms with Crippen LogP contribution >= 0.6 is 0 Å². The summed E-state index contributed by atoms with van der Waals surface area (Å²) in [4.78, 5) is 16.2. The van der Waals surface area contributed by atoms with E-state index in [1.165, 1.54) is 0 Å². The van der Waals surface area contributed by atoms with Crippen molar-refractivity contribution in [2.24, 2.45) is 0 Å². The highest BCUT2D eigenvalue weighted by atomic mass is 16.3. The van der Waals surface area contributed by atoms with Crippen LogP contribution in [0.4, 0.5) is 10.6 Å². The number of phenolic OH excluding ortho intramolecular Hbond substituents is 1. The van der Waals surface area contributed by atoms with E-state index in [0.29, 0.717) is 5.82 Å². The summed E-state index contributed by atoms with van der Waals surface area (Å²) >= 11 is 0. The van der Waals surface area contributed by atoms with Crippen molar-refractivity contribution in [2.75, 3.05) is 5.32 Å². The molecule has 0 unspecified atom stereocenters. The molecule has 0 aliphatic heterocycles. The van der Waals surface area contributed by atoms with Crippen LogP contribution in [-0.2, 0) is 0 Å². The Balaban J connectivity index is 2.01. The number of phenols is 1. The molecule has 5 heteroatoms. The highest BCUT2D eigenvalue weighted by Crippen LogP contribution is 2.18. The van der Waals surface area contributed by atoms with Gasteiger partial charge >= 0.3 is 6.03 Å².